The Kier molecular flexibility index (Phi) is 4.19. The zero-order chi connectivity index (χ0) is 15.8. The van der Waals surface area contributed by atoms with E-state index in [0.717, 1.165) is 0 Å². The highest BCUT2D eigenvalue weighted by molar-refractivity contribution is 5.78. The highest BCUT2D eigenvalue weighted by atomic mass is 16.6. The summed E-state index contributed by atoms with van der Waals surface area (Å²) >= 11 is 0. The average Bonchev–Trinajstić information content (AvgIpc) is 2.91. The van der Waals surface area contributed by atoms with Crippen molar-refractivity contribution in [2.24, 2.45) is 23.0 Å². The lowest BCUT2D eigenvalue weighted by Gasteiger charge is -2.28. The zero-order valence-electron chi connectivity index (χ0n) is 13.3. The third-order valence-corrected chi connectivity index (χ3v) is 4.54. The Bertz CT molecular complexity index is 416. The van der Waals surface area contributed by atoms with Crippen LogP contribution in [-0.4, -0.2) is 49.3 Å². The molecule has 0 spiro atoms. The lowest BCUT2D eigenvalue weighted by Crippen LogP contribution is -2.40. The van der Waals surface area contributed by atoms with E-state index in [1.165, 1.54) is 7.11 Å². The van der Waals surface area contributed by atoms with Crippen LogP contribution in [0.4, 0.5) is 4.79 Å². The number of rotatable bonds is 2. The maximum absolute atomic E-state index is 12.1. The third kappa shape index (κ3) is 3.15. The van der Waals surface area contributed by atoms with Gasteiger partial charge in [0.1, 0.15) is 5.60 Å². The Morgan fingerprint density at radius 1 is 1.24 bits per heavy atom. The fourth-order valence-electron chi connectivity index (χ4n) is 3.60. The largest absolute Gasteiger partial charge is 0.469 e. The number of carbonyl (C=O) groups is 2. The molecular weight excluding hydrogens is 272 g/mol. The van der Waals surface area contributed by atoms with Gasteiger partial charge in [-0.1, -0.05) is 0 Å². The summed E-state index contributed by atoms with van der Waals surface area (Å²) in [4.78, 5) is 25.8. The summed E-state index contributed by atoms with van der Waals surface area (Å²) in [5.74, 6) is 0.392. The second kappa shape index (κ2) is 5.48. The monoisotopic (exact) mass is 298 g/mol. The molecule has 1 saturated carbocycles. The molecule has 1 aliphatic carbocycles. The van der Waals surface area contributed by atoms with Crippen molar-refractivity contribution in [3.8, 4) is 0 Å². The molecule has 0 aromatic carbocycles. The van der Waals surface area contributed by atoms with E-state index in [1.54, 1.807) is 4.90 Å². The summed E-state index contributed by atoms with van der Waals surface area (Å²) in [5, 5.41) is 0. The molecule has 21 heavy (non-hydrogen) atoms. The number of likely N-dealkylation sites (tertiary alicyclic amines) is 1. The molecule has 1 saturated heterocycles. The van der Waals surface area contributed by atoms with Crippen LogP contribution in [0.25, 0.3) is 0 Å². The predicted molar refractivity (Wildman–Crippen MR) is 77.5 cm³/mol. The van der Waals surface area contributed by atoms with Gasteiger partial charge in [0.05, 0.1) is 12.5 Å². The molecule has 1 unspecified atom stereocenters. The lowest BCUT2D eigenvalue weighted by atomic mass is 9.84. The molecule has 1 heterocycles. The second-order valence-corrected chi connectivity index (χ2v) is 7.29. The van der Waals surface area contributed by atoms with Crippen LogP contribution in [0.1, 0.15) is 33.6 Å². The summed E-state index contributed by atoms with van der Waals surface area (Å²) in [7, 11) is 1.40. The number of methoxy groups -OCH3 is 1. The molecule has 6 nitrogen and oxygen atoms in total. The number of fused-ring (bicyclic) bond motifs is 1. The SMILES string of the molecule is COC(=O)C1(CN)C[C@H]2CN(C(=O)OC(C)(C)C)C[C@H]2C1. The first kappa shape index (κ1) is 16.1. The summed E-state index contributed by atoms with van der Waals surface area (Å²) in [6.07, 6.45) is 1.12. The van der Waals surface area contributed by atoms with Crippen LogP contribution in [0.15, 0.2) is 0 Å². The predicted octanol–water partition coefficient (Wildman–Crippen LogP) is 1.38. The van der Waals surface area contributed by atoms with E-state index >= 15 is 0 Å². The van der Waals surface area contributed by atoms with Crippen molar-refractivity contribution < 1.29 is 19.1 Å². The van der Waals surface area contributed by atoms with Crippen LogP contribution in [0, 0.1) is 17.3 Å². The molecule has 2 aliphatic rings. The molecule has 1 amide bonds. The molecule has 2 rings (SSSR count). The molecule has 0 aromatic heterocycles. The highest BCUT2D eigenvalue weighted by Crippen LogP contribution is 2.49. The molecule has 6 heteroatoms. The van der Waals surface area contributed by atoms with E-state index in [9.17, 15) is 9.59 Å². The van der Waals surface area contributed by atoms with Crippen molar-refractivity contribution in [1.82, 2.24) is 4.90 Å². The molecule has 2 fully saturated rings. The summed E-state index contributed by atoms with van der Waals surface area (Å²) in [6, 6.07) is 0. The minimum atomic E-state index is -0.565. The van der Waals surface area contributed by atoms with Crippen LogP contribution in [0.5, 0.6) is 0 Å². The van der Waals surface area contributed by atoms with Crippen molar-refractivity contribution in [2.75, 3.05) is 26.7 Å². The van der Waals surface area contributed by atoms with Gasteiger partial charge in [0.25, 0.3) is 0 Å². The number of ether oxygens (including phenoxy) is 2. The molecule has 3 atom stereocenters. The summed E-state index contributed by atoms with van der Waals surface area (Å²) in [5.41, 5.74) is 4.77. The maximum Gasteiger partial charge on any atom is 0.410 e. The number of carbonyl (C=O) groups excluding carboxylic acids is 2. The summed E-state index contributed by atoms with van der Waals surface area (Å²) < 4.78 is 10.3. The van der Waals surface area contributed by atoms with E-state index in [4.69, 9.17) is 15.2 Å². The van der Waals surface area contributed by atoms with E-state index in [1.807, 2.05) is 20.8 Å². The molecule has 0 bridgehead atoms. The van der Waals surface area contributed by atoms with Gasteiger partial charge in [-0.3, -0.25) is 4.79 Å². The van der Waals surface area contributed by atoms with Gasteiger partial charge in [-0.25, -0.2) is 4.79 Å². The Morgan fingerprint density at radius 3 is 2.14 bits per heavy atom. The molecule has 0 aromatic rings. The highest BCUT2D eigenvalue weighted by Gasteiger charge is 2.54. The van der Waals surface area contributed by atoms with E-state index in [0.29, 0.717) is 44.3 Å². The average molecular weight is 298 g/mol. The zero-order valence-corrected chi connectivity index (χ0v) is 13.3. The second-order valence-electron chi connectivity index (χ2n) is 7.29. The van der Waals surface area contributed by atoms with Gasteiger partial charge in [0.15, 0.2) is 0 Å². The fraction of sp³-hybridized carbons (Fsp3) is 0.867. The van der Waals surface area contributed by atoms with Gasteiger partial charge < -0.3 is 20.1 Å². The number of nitrogens with two attached hydrogens (primary N) is 1. The van der Waals surface area contributed by atoms with E-state index < -0.39 is 11.0 Å². The first-order valence-corrected chi connectivity index (χ1v) is 7.47. The normalized spacial score (nSPS) is 32.0. The van der Waals surface area contributed by atoms with E-state index in [2.05, 4.69) is 0 Å². The van der Waals surface area contributed by atoms with Crippen LogP contribution < -0.4 is 5.73 Å². The molecule has 0 radical (unpaired) electrons. The van der Waals surface area contributed by atoms with Crippen LogP contribution >= 0.6 is 0 Å². The number of hydrogen-bond donors (Lipinski definition) is 1. The molecule has 2 N–H and O–H groups in total. The number of esters is 1. The van der Waals surface area contributed by atoms with Crippen LogP contribution in [0.3, 0.4) is 0 Å². The van der Waals surface area contributed by atoms with Gasteiger partial charge >= 0.3 is 12.1 Å². The van der Waals surface area contributed by atoms with Crippen molar-refractivity contribution in [3.63, 3.8) is 0 Å². The standard InChI is InChI=1S/C15H26N2O4/c1-14(2,3)21-13(19)17-7-10-5-15(9-16,12(18)20-4)6-11(10)8-17/h10-11H,5-9,16H2,1-4H3/t10-,11+,15?. The van der Waals surface area contributed by atoms with Gasteiger partial charge in [0, 0.05) is 19.6 Å². The van der Waals surface area contributed by atoms with Crippen molar-refractivity contribution >= 4 is 12.1 Å². The van der Waals surface area contributed by atoms with Gasteiger partial charge in [-0.15, -0.1) is 0 Å². The lowest BCUT2D eigenvalue weighted by molar-refractivity contribution is -0.152. The van der Waals surface area contributed by atoms with Crippen LogP contribution in [0.2, 0.25) is 0 Å². The van der Waals surface area contributed by atoms with Gasteiger partial charge in [-0.05, 0) is 45.4 Å². The Balaban J connectivity index is 1.98. The maximum atomic E-state index is 12.1. The first-order valence-electron chi connectivity index (χ1n) is 7.47. The van der Waals surface area contributed by atoms with Gasteiger partial charge in [0.2, 0.25) is 0 Å². The minimum Gasteiger partial charge on any atom is -0.469 e. The minimum absolute atomic E-state index is 0.219. The first-order chi connectivity index (χ1) is 9.70. The van der Waals surface area contributed by atoms with Crippen molar-refractivity contribution in [3.05, 3.63) is 0 Å². The smallest absolute Gasteiger partial charge is 0.410 e. The number of nitrogens with zero attached hydrogens (tertiary/aromatic N) is 1. The van der Waals surface area contributed by atoms with Crippen LogP contribution in [-0.2, 0) is 14.3 Å². The topological polar surface area (TPSA) is 81.9 Å². The number of amides is 1. The quantitative estimate of drug-likeness (QED) is 0.779. The fourth-order valence-corrected chi connectivity index (χ4v) is 3.60. The molecular formula is C15H26N2O4. The third-order valence-electron chi connectivity index (χ3n) is 4.54. The molecule has 1 aliphatic heterocycles. The summed E-state index contributed by atoms with van der Waals surface area (Å²) in [6.45, 7) is 7.16. The Labute approximate surface area is 125 Å². The van der Waals surface area contributed by atoms with E-state index in [-0.39, 0.29) is 12.1 Å². The van der Waals surface area contributed by atoms with Crippen molar-refractivity contribution in [2.45, 2.75) is 39.2 Å². The van der Waals surface area contributed by atoms with Gasteiger partial charge in [-0.2, -0.15) is 0 Å². The van der Waals surface area contributed by atoms with Crippen molar-refractivity contribution in [1.29, 1.82) is 0 Å². The number of hydrogen-bond acceptors (Lipinski definition) is 5. The Morgan fingerprint density at radius 2 is 1.76 bits per heavy atom. The Hall–Kier alpha value is -1.30. The molecule has 120 valence electrons.